The zero-order valence-electron chi connectivity index (χ0n) is 20.0. The fourth-order valence-electron chi connectivity index (χ4n) is 4.17. The highest BCUT2D eigenvalue weighted by Gasteiger charge is 2.44. The van der Waals surface area contributed by atoms with Gasteiger partial charge >= 0.3 is 17.9 Å². The standard InChI is InChI=1S/C25H40O7/c1-5-6-7-8-9-11-14-20-21(15-12-10-13-16-22(28)25(29)30-4)24(32-19(3)27)17-23(20)31-18(2)26/h10-12,14,20-24,28H,5-9,13,15-17H2,1-4H3/b12-10-,14-11+/t20-,21-,22?,23+,24-/m1/s1. The lowest BCUT2D eigenvalue weighted by Crippen LogP contribution is -2.25. The molecule has 0 aliphatic heterocycles. The Morgan fingerprint density at radius 1 is 0.969 bits per heavy atom. The third-order valence-corrected chi connectivity index (χ3v) is 5.74. The maximum absolute atomic E-state index is 11.6. The number of allylic oxidation sites excluding steroid dienone is 3. The molecule has 7 heteroatoms. The minimum absolute atomic E-state index is 0.0167. The molecule has 32 heavy (non-hydrogen) atoms. The minimum atomic E-state index is -1.14. The van der Waals surface area contributed by atoms with Crippen molar-refractivity contribution in [3.63, 3.8) is 0 Å². The molecule has 0 aromatic heterocycles. The summed E-state index contributed by atoms with van der Waals surface area (Å²) in [5.74, 6) is -1.39. The smallest absolute Gasteiger partial charge is 0.334 e. The molecule has 0 aromatic rings. The molecule has 0 bridgehead atoms. The Bertz CT molecular complexity index is 640. The number of carbonyl (C=O) groups excluding carboxylic acids is 3. The second-order valence-electron chi connectivity index (χ2n) is 8.37. The molecule has 1 saturated carbocycles. The number of aliphatic hydroxyl groups is 1. The van der Waals surface area contributed by atoms with Gasteiger partial charge in [0.15, 0.2) is 6.10 Å². The Morgan fingerprint density at radius 2 is 1.66 bits per heavy atom. The predicted octanol–water partition coefficient (Wildman–Crippen LogP) is 4.27. The molecule has 1 aliphatic carbocycles. The van der Waals surface area contributed by atoms with Crippen molar-refractivity contribution in [3.8, 4) is 0 Å². The molecule has 1 unspecified atom stereocenters. The van der Waals surface area contributed by atoms with Gasteiger partial charge in [-0.3, -0.25) is 9.59 Å². The van der Waals surface area contributed by atoms with Crippen molar-refractivity contribution in [1.82, 2.24) is 0 Å². The van der Waals surface area contributed by atoms with Crippen LogP contribution in [0, 0.1) is 11.8 Å². The SMILES string of the molecule is CCCCCC/C=C/[C@@H]1[C@@H](C/C=C\CCC(O)C(=O)OC)[C@H](OC(C)=O)C[C@@H]1OC(C)=O. The Morgan fingerprint density at radius 3 is 2.28 bits per heavy atom. The van der Waals surface area contributed by atoms with Crippen LogP contribution in [0.2, 0.25) is 0 Å². The minimum Gasteiger partial charge on any atom is -0.467 e. The highest BCUT2D eigenvalue weighted by Crippen LogP contribution is 2.40. The van der Waals surface area contributed by atoms with E-state index in [-0.39, 0.29) is 42.4 Å². The summed E-state index contributed by atoms with van der Waals surface area (Å²) in [5.41, 5.74) is 0. The van der Waals surface area contributed by atoms with Gasteiger partial charge in [-0.2, -0.15) is 0 Å². The molecule has 0 amide bonds. The molecule has 0 heterocycles. The Balaban J connectivity index is 2.82. The quantitative estimate of drug-likeness (QED) is 0.182. The first-order chi connectivity index (χ1) is 15.3. The van der Waals surface area contributed by atoms with Gasteiger partial charge in [-0.1, -0.05) is 50.5 Å². The average Bonchev–Trinajstić information content (AvgIpc) is 3.03. The maximum atomic E-state index is 11.6. The van der Waals surface area contributed by atoms with Gasteiger partial charge < -0.3 is 19.3 Å². The lowest BCUT2D eigenvalue weighted by molar-refractivity contribution is -0.151. The third-order valence-electron chi connectivity index (χ3n) is 5.74. The van der Waals surface area contributed by atoms with E-state index in [2.05, 4.69) is 23.8 Å². The van der Waals surface area contributed by atoms with Crippen molar-refractivity contribution in [2.75, 3.05) is 7.11 Å². The van der Waals surface area contributed by atoms with Crippen molar-refractivity contribution in [1.29, 1.82) is 0 Å². The topological polar surface area (TPSA) is 99.1 Å². The summed E-state index contributed by atoms with van der Waals surface area (Å²) in [6, 6.07) is 0. The van der Waals surface area contributed by atoms with Crippen molar-refractivity contribution < 1.29 is 33.7 Å². The van der Waals surface area contributed by atoms with Crippen LogP contribution in [0.3, 0.4) is 0 Å². The van der Waals surface area contributed by atoms with Gasteiger partial charge in [-0.05, 0) is 32.1 Å². The van der Waals surface area contributed by atoms with Gasteiger partial charge in [0.2, 0.25) is 0 Å². The molecule has 182 valence electrons. The zero-order chi connectivity index (χ0) is 23.9. The molecule has 1 aliphatic rings. The molecule has 0 spiro atoms. The molecule has 1 rings (SSSR count). The summed E-state index contributed by atoms with van der Waals surface area (Å²) in [6.07, 6.45) is 13.9. The molecule has 7 nitrogen and oxygen atoms in total. The monoisotopic (exact) mass is 452 g/mol. The molecule has 1 N–H and O–H groups in total. The van der Waals surface area contributed by atoms with E-state index in [1.54, 1.807) is 0 Å². The second kappa shape index (κ2) is 15.6. The van der Waals surface area contributed by atoms with E-state index >= 15 is 0 Å². The van der Waals surface area contributed by atoms with Gasteiger partial charge in [-0.25, -0.2) is 4.79 Å². The fourth-order valence-corrected chi connectivity index (χ4v) is 4.17. The van der Waals surface area contributed by atoms with Gasteiger partial charge in [0.1, 0.15) is 12.2 Å². The highest BCUT2D eigenvalue weighted by molar-refractivity contribution is 5.74. The first kappa shape index (κ1) is 27.9. The number of ether oxygens (including phenoxy) is 3. The first-order valence-corrected chi connectivity index (χ1v) is 11.7. The fraction of sp³-hybridized carbons (Fsp3) is 0.720. The number of methoxy groups -OCH3 is 1. The van der Waals surface area contributed by atoms with E-state index in [1.165, 1.54) is 40.2 Å². The van der Waals surface area contributed by atoms with E-state index in [4.69, 9.17) is 9.47 Å². The number of carbonyl (C=O) groups is 3. The third kappa shape index (κ3) is 10.4. The molecule has 0 aromatic carbocycles. The maximum Gasteiger partial charge on any atom is 0.334 e. The number of hydrogen-bond donors (Lipinski definition) is 1. The summed E-state index contributed by atoms with van der Waals surface area (Å²) >= 11 is 0. The Hall–Kier alpha value is -2.15. The van der Waals surface area contributed by atoms with E-state index < -0.39 is 12.1 Å². The lowest BCUT2D eigenvalue weighted by atomic mass is 9.89. The van der Waals surface area contributed by atoms with Crippen LogP contribution in [0.5, 0.6) is 0 Å². The predicted molar refractivity (Wildman–Crippen MR) is 122 cm³/mol. The van der Waals surface area contributed by atoms with Crippen LogP contribution in [0.4, 0.5) is 0 Å². The van der Waals surface area contributed by atoms with Gasteiger partial charge in [0.25, 0.3) is 0 Å². The number of aliphatic hydroxyl groups excluding tert-OH is 1. The number of rotatable bonds is 14. The Labute approximate surface area is 192 Å². The van der Waals surface area contributed by atoms with Crippen LogP contribution in [0.25, 0.3) is 0 Å². The summed E-state index contributed by atoms with van der Waals surface area (Å²) in [7, 11) is 1.24. The van der Waals surface area contributed by atoms with Crippen LogP contribution >= 0.6 is 0 Å². The Kier molecular flexibility index (Phi) is 13.6. The van der Waals surface area contributed by atoms with Crippen molar-refractivity contribution in [2.24, 2.45) is 11.8 Å². The van der Waals surface area contributed by atoms with Crippen LogP contribution in [-0.4, -0.2) is 48.4 Å². The number of unbranched alkanes of at least 4 members (excludes halogenated alkanes) is 4. The molecule has 1 fully saturated rings. The van der Waals surface area contributed by atoms with E-state index in [0.717, 1.165) is 12.8 Å². The summed E-state index contributed by atoms with van der Waals surface area (Å²) < 4.78 is 15.7. The van der Waals surface area contributed by atoms with Crippen LogP contribution < -0.4 is 0 Å². The van der Waals surface area contributed by atoms with Gasteiger partial charge in [0, 0.05) is 32.1 Å². The first-order valence-electron chi connectivity index (χ1n) is 11.7. The molecular weight excluding hydrogens is 412 g/mol. The zero-order valence-corrected chi connectivity index (χ0v) is 20.0. The highest BCUT2D eigenvalue weighted by atomic mass is 16.6. The molecular formula is C25H40O7. The average molecular weight is 453 g/mol. The summed E-state index contributed by atoms with van der Waals surface area (Å²) in [6.45, 7) is 4.96. The molecule has 5 atom stereocenters. The van der Waals surface area contributed by atoms with Crippen molar-refractivity contribution >= 4 is 17.9 Å². The van der Waals surface area contributed by atoms with E-state index in [9.17, 15) is 19.5 Å². The molecule has 0 radical (unpaired) electrons. The van der Waals surface area contributed by atoms with Crippen LogP contribution in [0.15, 0.2) is 24.3 Å². The van der Waals surface area contributed by atoms with Crippen molar-refractivity contribution in [3.05, 3.63) is 24.3 Å². The van der Waals surface area contributed by atoms with Crippen LogP contribution in [-0.2, 0) is 28.6 Å². The summed E-state index contributed by atoms with van der Waals surface area (Å²) in [5, 5.41) is 9.68. The summed E-state index contributed by atoms with van der Waals surface area (Å²) in [4.78, 5) is 34.6. The van der Waals surface area contributed by atoms with Crippen LogP contribution in [0.1, 0.15) is 78.6 Å². The van der Waals surface area contributed by atoms with E-state index in [0.29, 0.717) is 19.3 Å². The van der Waals surface area contributed by atoms with Crippen molar-refractivity contribution in [2.45, 2.75) is 96.9 Å². The largest absolute Gasteiger partial charge is 0.467 e. The lowest BCUT2D eigenvalue weighted by Gasteiger charge is -2.23. The second-order valence-corrected chi connectivity index (χ2v) is 8.37. The number of esters is 3. The molecule has 0 saturated heterocycles. The van der Waals surface area contributed by atoms with E-state index in [1.807, 2.05) is 12.2 Å². The number of hydrogen-bond acceptors (Lipinski definition) is 7. The van der Waals surface area contributed by atoms with Gasteiger partial charge in [-0.15, -0.1) is 0 Å². The normalized spacial score (nSPS) is 24.0. The van der Waals surface area contributed by atoms with Gasteiger partial charge in [0.05, 0.1) is 7.11 Å².